The molecule has 4 heteroatoms. The molecule has 1 N–H and O–H groups in total. The third kappa shape index (κ3) is 3.88. The summed E-state index contributed by atoms with van der Waals surface area (Å²) in [6, 6.07) is 11.3. The van der Waals surface area contributed by atoms with Gasteiger partial charge in [-0.25, -0.2) is 4.79 Å². The van der Waals surface area contributed by atoms with Crippen LogP contribution in [0.5, 0.6) is 5.75 Å². The third-order valence-corrected chi connectivity index (χ3v) is 4.26. The van der Waals surface area contributed by atoms with E-state index in [2.05, 4.69) is 19.1 Å². The molecule has 0 bridgehead atoms. The zero-order valence-corrected chi connectivity index (χ0v) is 15.0. The van der Waals surface area contributed by atoms with E-state index in [0.29, 0.717) is 6.54 Å². The first-order valence-corrected chi connectivity index (χ1v) is 8.03. The van der Waals surface area contributed by atoms with Crippen molar-refractivity contribution in [3.05, 3.63) is 58.7 Å². The lowest BCUT2D eigenvalue weighted by Crippen LogP contribution is -2.39. The van der Waals surface area contributed by atoms with Crippen LogP contribution >= 0.6 is 0 Å². The number of methoxy groups -OCH3 is 1. The van der Waals surface area contributed by atoms with Crippen molar-refractivity contribution in [2.75, 3.05) is 12.0 Å². The van der Waals surface area contributed by atoms with Crippen molar-refractivity contribution in [3.63, 3.8) is 0 Å². The van der Waals surface area contributed by atoms with Crippen molar-refractivity contribution in [1.29, 1.82) is 0 Å². The maximum Gasteiger partial charge on any atom is 0.326 e. The van der Waals surface area contributed by atoms with Gasteiger partial charge in [0.2, 0.25) is 0 Å². The zero-order valence-electron chi connectivity index (χ0n) is 15.0. The van der Waals surface area contributed by atoms with E-state index in [0.717, 1.165) is 28.1 Å². The second-order valence-electron chi connectivity index (χ2n) is 6.24. The number of benzene rings is 2. The van der Waals surface area contributed by atoms with Crippen LogP contribution in [-0.2, 0) is 11.3 Å². The van der Waals surface area contributed by atoms with Crippen molar-refractivity contribution < 1.29 is 14.6 Å². The number of carboxylic acids is 1. The summed E-state index contributed by atoms with van der Waals surface area (Å²) in [6.07, 6.45) is 0. The van der Waals surface area contributed by atoms with Gasteiger partial charge < -0.3 is 14.7 Å². The SMILES string of the molecule is COc1ccc(CN(c2c(C)cc(C)cc2C)[C@@H](C)C(=O)O)cc1. The van der Waals surface area contributed by atoms with Crippen LogP contribution in [0.4, 0.5) is 5.69 Å². The summed E-state index contributed by atoms with van der Waals surface area (Å²) in [5.41, 5.74) is 5.40. The summed E-state index contributed by atoms with van der Waals surface area (Å²) in [7, 11) is 1.63. The van der Waals surface area contributed by atoms with Gasteiger partial charge in [-0.3, -0.25) is 0 Å². The van der Waals surface area contributed by atoms with Gasteiger partial charge in [-0.1, -0.05) is 29.8 Å². The molecule has 0 aliphatic rings. The van der Waals surface area contributed by atoms with Gasteiger partial charge >= 0.3 is 5.97 Å². The Kier molecular flexibility index (Phi) is 5.50. The number of hydrogen-bond acceptors (Lipinski definition) is 3. The third-order valence-electron chi connectivity index (χ3n) is 4.26. The number of rotatable bonds is 6. The fourth-order valence-corrected chi connectivity index (χ4v) is 3.10. The van der Waals surface area contributed by atoms with Crippen LogP contribution < -0.4 is 9.64 Å². The monoisotopic (exact) mass is 327 g/mol. The topological polar surface area (TPSA) is 49.8 Å². The molecule has 2 rings (SSSR count). The van der Waals surface area contributed by atoms with Crippen molar-refractivity contribution in [2.24, 2.45) is 0 Å². The number of hydrogen-bond donors (Lipinski definition) is 1. The van der Waals surface area contributed by atoms with Gasteiger partial charge in [-0.05, 0) is 56.5 Å². The molecular weight excluding hydrogens is 302 g/mol. The lowest BCUT2D eigenvalue weighted by atomic mass is 10.0. The summed E-state index contributed by atoms with van der Waals surface area (Å²) in [4.78, 5) is 13.6. The van der Waals surface area contributed by atoms with Crippen LogP contribution in [0, 0.1) is 20.8 Å². The maximum absolute atomic E-state index is 11.6. The summed E-state index contributed by atoms with van der Waals surface area (Å²) < 4.78 is 5.19. The maximum atomic E-state index is 11.6. The number of aliphatic carboxylic acids is 1. The van der Waals surface area contributed by atoms with Crippen LogP contribution in [0.1, 0.15) is 29.2 Å². The lowest BCUT2D eigenvalue weighted by molar-refractivity contribution is -0.138. The van der Waals surface area contributed by atoms with Gasteiger partial charge in [0.05, 0.1) is 7.11 Å². The Morgan fingerprint density at radius 2 is 1.67 bits per heavy atom. The number of carboxylic acid groups (broad SMARTS) is 1. The van der Waals surface area contributed by atoms with Gasteiger partial charge in [0.1, 0.15) is 11.8 Å². The Hall–Kier alpha value is -2.49. The highest BCUT2D eigenvalue weighted by atomic mass is 16.5. The van der Waals surface area contributed by atoms with E-state index in [4.69, 9.17) is 4.74 Å². The Labute approximate surface area is 143 Å². The molecule has 1 atom stereocenters. The molecule has 0 aromatic heterocycles. The van der Waals surface area contributed by atoms with E-state index < -0.39 is 12.0 Å². The molecule has 2 aromatic carbocycles. The van der Waals surface area contributed by atoms with Crippen molar-refractivity contribution in [1.82, 2.24) is 0 Å². The first-order chi connectivity index (χ1) is 11.3. The summed E-state index contributed by atoms with van der Waals surface area (Å²) in [6.45, 7) is 8.38. The van der Waals surface area contributed by atoms with Crippen molar-refractivity contribution in [2.45, 2.75) is 40.3 Å². The molecule has 0 radical (unpaired) electrons. The Balaban J connectivity index is 2.43. The number of ether oxygens (including phenoxy) is 1. The van der Waals surface area contributed by atoms with Gasteiger partial charge in [-0.15, -0.1) is 0 Å². The predicted molar refractivity (Wildman–Crippen MR) is 96.9 cm³/mol. The first kappa shape index (κ1) is 17.9. The molecule has 0 saturated heterocycles. The van der Waals surface area contributed by atoms with Crippen LogP contribution in [0.15, 0.2) is 36.4 Å². The fourth-order valence-electron chi connectivity index (χ4n) is 3.10. The molecule has 0 saturated carbocycles. The van der Waals surface area contributed by atoms with Gasteiger partial charge in [0, 0.05) is 12.2 Å². The minimum atomic E-state index is -0.831. The minimum Gasteiger partial charge on any atom is -0.497 e. The molecule has 0 spiro atoms. The number of carbonyl (C=O) groups is 1. The van der Waals surface area contributed by atoms with E-state index in [1.807, 2.05) is 43.0 Å². The molecule has 24 heavy (non-hydrogen) atoms. The van der Waals surface area contributed by atoms with Crippen molar-refractivity contribution in [3.8, 4) is 5.75 Å². The second-order valence-corrected chi connectivity index (χ2v) is 6.24. The van der Waals surface area contributed by atoms with E-state index in [9.17, 15) is 9.90 Å². The highest BCUT2D eigenvalue weighted by Gasteiger charge is 2.24. The fraction of sp³-hybridized carbons (Fsp3) is 0.350. The average Bonchev–Trinajstić information content (AvgIpc) is 2.52. The Bertz CT molecular complexity index is 699. The standard InChI is InChI=1S/C20H25NO3/c1-13-10-14(2)19(15(3)11-13)21(16(4)20(22)23)12-17-6-8-18(24-5)9-7-17/h6-11,16H,12H2,1-5H3,(H,22,23)/t16-/m0/s1. The van der Waals surface area contributed by atoms with Crippen LogP contribution in [0.3, 0.4) is 0 Å². The first-order valence-electron chi connectivity index (χ1n) is 8.03. The summed E-state index contributed by atoms with van der Waals surface area (Å²) in [5.74, 6) is -0.0397. The molecule has 2 aromatic rings. The molecule has 0 aliphatic carbocycles. The largest absolute Gasteiger partial charge is 0.497 e. The second kappa shape index (κ2) is 7.39. The Morgan fingerprint density at radius 3 is 2.12 bits per heavy atom. The van der Waals surface area contributed by atoms with Crippen molar-refractivity contribution >= 4 is 11.7 Å². The molecule has 0 heterocycles. The van der Waals surface area contributed by atoms with Crippen LogP contribution in [0.2, 0.25) is 0 Å². The van der Waals surface area contributed by atoms with E-state index in [1.165, 1.54) is 5.56 Å². The van der Waals surface area contributed by atoms with E-state index >= 15 is 0 Å². The van der Waals surface area contributed by atoms with E-state index in [1.54, 1.807) is 14.0 Å². The lowest BCUT2D eigenvalue weighted by Gasteiger charge is -2.32. The smallest absolute Gasteiger partial charge is 0.326 e. The molecule has 4 nitrogen and oxygen atoms in total. The van der Waals surface area contributed by atoms with Gasteiger partial charge in [-0.2, -0.15) is 0 Å². The molecular formula is C20H25NO3. The van der Waals surface area contributed by atoms with Gasteiger partial charge in [0.25, 0.3) is 0 Å². The Morgan fingerprint density at radius 1 is 1.12 bits per heavy atom. The van der Waals surface area contributed by atoms with Gasteiger partial charge in [0.15, 0.2) is 0 Å². The number of nitrogens with zero attached hydrogens (tertiary/aromatic N) is 1. The zero-order chi connectivity index (χ0) is 17.9. The quantitative estimate of drug-likeness (QED) is 0.868. The minimum absolute atomic E-state index is 0.530. The normalized spacial score (nSPS) is 11.9. The molecule has 128 valence electrons. The van der Waals surface area contributed by atoms with Crippen LogP contribution in [-0.4, -0.2) is 24.2 Å². The molecule has 0 amide bonds. The van der Waals surface area contributed by atoms with E-state index in [-0.39, 0.29) is 0 Å². The average molecular weight is 327 g/mol. The molecule has 0 aliphatic heterocycles. The predicted octanol–water partition coefficient (Wildman–Crippen LogP) is 4.10. The number of anilines is 1. The summed E-state index contributed by atoms with van der Waals surface area (Å²) >= 11 is 0. The highest BCUT2D eigenvalue weighted by Crippen LogP contribution is 2.30. The molecule has 0 fully saturated rings. The number of aryl methyl sites for hydroxylation is 3. The molecule has 0 unspecified atom stereocenters. The van der Waals surface area contributed by atoms with Crippen LogP contribution in [0.25, 0.3) is 0 Å². The summed E-state index contributed by atoms with van der Waals surface area (Å²) in [5, 5.41) is 9.55. The highest BCUT2D eigenvalue weighted by molar-refractivity contribution is 5.79.